The Hall–Kier alpha value is -4.60. The van der Waals surface area contributed by atoms with Crippen molar-refractivity contribution < 1.29 is 9.53 Å². The second kappa shape index (κ2) is 13.8. The van der Waals surface area contributed by atoms with Gasteiger partial charge in [0.15, 0.2) is 11.0 Å². The largest absolute Gasteiger partial charge is 0.457 e. The number of carbonyl (C=O) groups excluding carboxylic acids is 1. The third-order valence-corrected chi connectivity index (χ3v) is 7.49. The van der Waals surface area contributed by atoms with E-state index >= 15 is 0 Å². The summed E-state index contributed by atoms with van der Waals surface area (Å²) in [6.07, 6.45) is 1.59. The van der Waals surface area contributed by atoms with E-state index in [4.69, 9.17) is 16.3 Å². The number of aryl methyl sites for hydroxylation is 1. The van der Waals surface area contributed by atoms with Crippen molar-refractivity contribution in [2.75, 3.05) is 5.32 Å². The van der Waals surface area contributed by atoms with Gasteiger partial charge in [-0.15, -0.1) is 10.2 Å². The number of thioether (sulfide) groups is 1. The molecule has 10 heteroatoms. The first-order chi connectivity index (χ1) is 20.5. The van der Waals surface area contributed by atoms with Crippen LogP contribution in [0.2, 0.25) is 5.02 Å². The van der Waals surface area contributed by atoms with E-state index in [9.17, 15) is 4.79 Å². The normalized spacial score (nSPS) is 11.8. The van der Waals surface area contributed by atoms with Crippen LogP contribution in [0, 0.1) is 6.92 Å². The lowest BCUT2D eigenvalue weighted by molar-refractivity contribution is -0.120. The Morgan fingerprint density at radius 3 is 2.48 bits per heavy atom. The van der Waals surface area contributed by atoms with Crippen molar-refractivity contribution in [1.82, 2.24) is 20.2 Å². The molecule has 1 heterocycles. The van der Waals surface area contributed by atoms with E-state index in [-0.39, 0.29) is 5.91 Å². The van der Waals surface area contributed by atoms with Gasteiger partial charge in [-0.1, -0.05) is 71.9 Å². The van der Waals surface area contributed by atoms with Crippen molar-refractivity contribution >= 4 is 41.2 Å². The second-order valence-corrected chi connectivity index (χ2v) is 11.1. The first kappa shape index (κ1) is 28.9. The number of hydrogen-bond acceptors (Lipinski definition) is 7. The zero-order valence-electron chi connectivity index (χ0n) is 23.1. The minimum atomic E-state index is -0.485. The molecule has 4 aromatic carbocycles. The Morgan fingerprint density at radius 2 is 1.71 bits per heavy atom. The highest BCUT2D eigenvalue weighted by Crippen LogP contribution is 2.27. The third-order valence-electron chi connectivity index (χ3n) is 6.22. The van der Waals surface area contributed by atoms with Gasteiger partial charge in [0.25, 0.3) is 5.91 Å². The standard InChI is InChI=1S/C32H29ClN6O2S/c1-22-18-25(33)16-17-29(22)34-21-30-36-38-32(39(30)26-11-5-3-6-12-26)42-23(2)31(40)37-35-20-24-10-9-15-28(19-24)41-27-13-7-4-8-14-27/h3-20,23,34H,21H2,1-2H3,(H,37,40)/b35-20+. The van der Waals surface area contributed by atoms with Crippen LogP contribution < -0.4 is 15.5 Å². The fourth-order valence-electron chi connectivity index (χ4n) is 4.08. The number of aromatic nitrogens is 3. The number of nitrogens with one attached hydrogen (secondary N) is 2. The number of hydrogen-bond donors (Lipinski definition) is 2. The van der Waals surface area contributed by atoms with E-state index in [0.29, 0.717) is 28.3 Å². The van der Waals surface area contributed by atoms with Gasteiger partial charge in [0.05, 0.1) is 18.0 Å². The molecule has 0 fully saturated rings. The van der Waals surface area contributed by atoms with Gasteiger partial charge < -0.3 is 10.1 Å². The first-order valence-corrected chi connectivity index (χ1v) is 14.5. The average molecular weight is 597 g/mol. The summed E-state index contributed by atoms with van der Waals surface area (Å²) in [5.41, 5.74) is 6.31. The van der Waals surface area contributed by atoms with Gasteiger partial charge in [-0.2, -0.15) is 5.10 Å². The van der Waals surface area contributed by atoms with Gasteiger partial charge in [-0.05, 0) is 79.6 Å². The van der Waals surface area contributed by atoms with Gasteiger partial charge in [0.1, 0.15) is 11.5 Å². The summed E-state index contributed by atoms with van der Waals surface area (Å²) in [7, 11) is 0. The Morgan fingerprint density at radius 1 is 0.976 bits per heavy atom. The van der Waals surface area contributed by atoms with Crippen LogP contribution in [-0.2, 0) is 11.3 Å². The fourth-order valence-corrected chi connectivity index (χ4v) is 5.19. The number of para-hydroxylation sites is 2. The molecule has 2 N–H and O–H groups in total. The van der Waals surface area contributed by atoms with Crippen molar-refractivity contribution in [2.45, 2.75) is 30.8 Å². The number of benzene rings is 4. The number of hydrazone groups is 1. The predicted octanol–water partition coefficient (Wildman–Crippen LogP) is 7.26. The summed E-state index contributed by atoms with van der Waals surface area (Å²) in [5, 5.41) is 17.2. The summed E-state index contributed by atoms with van der Waals surface area (Å²) < 4.78 is 7.83. The monoisotopic (exact) mass is 596 g/mol. The van der Waals surface area contributed by atoms with Gasteiger partial charge in [-0.25, -0.2) is 5.43 Å². The van der Waals surface area contributed by atoms with Gasteiger partial charge >= 0.3 is 0 Å². The van der Waals surface area contributed by atoms with E-state index in [1.165, 1.54) is 11.8 Å². The van der Waals surface area contributed by atoms with Crippen LogP contribution >= 0.6 is 23.4 Å². The molecule has 8 nitrogen and oxygen atoms in total. The molecule has 0 saturated heterocycles. The number of nitrogens with zero attached hydrogens (tertiary/aromatic N) is 4. The van der Waals surface area contributed by atoms with E-state index in [0.717, 1.165) is 28.3 Å². The summed E-state index contributed by atoms with van der Waals surface area (Å²) in [6.45, 7) is 4.24. The fraction of sp³-hybridized carbons (Fsp3) is 0.125. The molecule has 1 amide bonds. The average Bonchev–Trinajstić information content (AvgIpc) is 3.40. The van der Waals surface area contributed by atoms with Gasteiger partial charge in [-0.3, -0.25) is 9.36 Å². The molecule has 0 aliphatic rings. The topological polar surface area (TPSA) is 93.4 Å². The summed E-state index contributed by atoms with van der Waals surface area (Å²) in [4.78, 5) is 12.9. The predicted molar refractivity (Wildman–Crippen MR) is 169 cm³/mol. The molecule has 1 aromatic heterocycles. The zero-order chi connectivity index (χ0) is 29.3. The lowest BCUT2D eigenvalue weighted by Crippen LogP contribution is -2.27. The third kappa shape index (κ3) is 7.57. The smallest absolute Gasteiger partial charge is 0.253 e. The van der Waals surface area contributed by atoms with Crippen LogP contribution in [0.5, 0.6) is 11.5 Å². The number of carbonyl (C=O) groups is 1. The maximum Gasteiger partial charge on any atom is 0.253 e. The zero-order valence-corrected chi connectivity index (χ0v) is 24.6. The molecule has 0 radical (unpaired) electrons. The molecule has 5 rings (SSSR count). The highest BCUT2D eigenvalue weighted by atomic mass is 35.5. The Kier molecular flexibility index (Phi) is 9.53. The molecule has 212 valence electrons. The number of anilines is 1. The Labute approximate surface area is 253 Å². The molecule has 1 unspecified atom stereocenters. The second-order valence-electron chi connectivity index (χ2n) is 9.36. The molecule has 0 saturated carbocycles. The molecule has 1 atom stereocenters. The minimum absolute atomic E-state index is 0.257. The SMILES string of the molecule is Cc1cc(Cl)ccc1NCc1nnc(SC(C)C(=O)N/N=C/c2cccc(Oc3ccccc3)c2)n1-c1ccccc1. The van der Waals surface area contributed by atoms with Crippen LogP contribution in [-0.4, -0.2) is 32.1 Å². The molecule has 0 bridgehead atoms. The van der Waals surface area contributed by atoms with E-state index in [2.05, 4.69) is 26.0 Å². The summed E-state index contributed by atoms with van der Waals surface area (Å²) in [5.74, 6) is 1.87. The maximum atomic E-state index is 12.9. The van der Waals surface area contributed by atoms with Crippen LogP contribution in [0.3, 0.4) is 0 Å². The maximum absolute atomic E-state index is 12.9. The molecule has 5 aromatic rings. The molecular weight excluding hydrogens is 568 g/mol. The Balaban J connectivity index is 1.24. The van der Waals surface area contributed by atoms with Crippen molar-refractivity contribution in [3.8, 4) is 17.2 Å². The summed E-state index contributed by atoms with van der Waals surface area (Å²) in [6, 6.07) is 32.5. The highest BCUT2D eigenvalue weighted by molar-refractivity contribution is 8.00. The van der Waals surface area contributed by atoms with Crippen LogP contribution in [0.1, 0.15) is 23.9 Å². The number of halogens is 1. The highest BCUT2D eigenvalue weighted by Gasteiger charge is 2.21. The molecule has 0 aliphatic heterocycles. The lowest BCUT2D eigenvalue weighted by Gasteiger charge is -2.14. The van der Waals surface area contributed by atoms with Gasteiger partial charge in [0, 0.05) is 16.4 Å². The summed E-state index contributed by atoms with van der Waals surface area (Å²) >= 11 is 7.42. The lowest BCUT2D eigenvalue weighted by atomic mass is 10.2. The molecule has 0 spiro atoms. The number of amides is 1. The van der Waals surface area contributed by atoms with Crippen LogP contribution in [0.15, 0.2) is 113 Å². The van der Waals surface area contributed by atoms with Crippen LogP contribution in [0.25, 0.3) is 5.69 Å². The van der Waals surface area contributed by atoms with Crippen molar-refractivity contribution in [1.29, 1.82) is 0 Å². The van der Waals surface area contributed by atoms with Crippen molar-refractivity contribution in [2.24, 2.45) is 5.10 Å². The Bertz CT molecular complexity index is 1680. The van der Waals surface area contributed by atoms with Crippen LogP contribution in [0.4, 0.5) is 5.69 Å². The molecule has 0 aliphatic carbocycles. The minimum Gasteiger partial charge on any atom is -0.457 e. The van der Waals surface area contributed by atoms with E-state index < -0.39 is 5.25 Å². The van der Waals surface area contributed by atoms with Crippen molar-refractivity contribution in [3.63, 3.8) is 0 Å². The first-order valence-electron chi connectivity index (χ1n) is 13.3. The molecular formula is C32H29ClN6O2S. The molecule has 42 heavy (non-hydrogen) atoms. The number of rotatable bonds is 11. The van der Waals surface area contributed by atoms with Gasteiger partial charge in [0.2, 0.25) is 0 Å². The number of ether oxygens (including phenoxy) is 1. The van der Waals surface area contributed by atoms with E-state index in [1.54, 1.807) is 6.21 Å². The van der Waals surface area contributed by atoms with Crippen molar-refractivity contribution in [3.05, 3.63) is 125 Å². The van der Waals surface area contributed by atoms with E-state index in [1.807, 2.05) is 122 Å². The quantitative estimate of drug-likeness (QED) is 0.0946.